The molecule has 0 radical (unpaired) electrons. The Balaban J connectivity index is 1.64. The highest BCUT2D eigenvalue weighted by molar-refractivity contribution is 6.34. The molecule has 2 aromatic heterocycles. The van der Waals surface area contributed by atoms with Gasteiger partial charge in [0.2, 0.25) is 0 Å². The number of likely N-dealkylation sites (N-methyl/N-ethyl adjacent to an activating group) is 2. The van der Waals surface area contributed by atoms with Crippen LogP contribution in [-0.4, -0.2) is 69.8 Å². The number of aromatic nitrogens is 5. The molecule has 40 heavy (non-hydrogen) atoms. The predicted molar refractivity (Wildman–Crippen MR) is 149 cm³/mol. The fraction of sp³-hybridized carbons (Fsp3) is 0.333. The quantitative estimate of drug-likeness (QED) is 0.311. The summed E-state index contributed by atoms with van der Waals surface area (Å²) in [5.74, 6) is -0.704. The average molecular weight is 575 g/mol. The molecule has 2 heterocycles. The molecule has 0 bridgehead atoms. The van der Waals surface area contributed by atoms with Gasteiger partial charge in [-0.25, -0.2) is 4.68 Å². The number of aryl methyl sites for hydroxylation is 2. The molecule has 0 aliphatic rings. The first-order chi connectivity index (χ1) is 18.8. The summed E-state index contributed by atoms with van der Waals surface area (Å²) in [7, 11) is 7.19. The van der Waals surface area contributed by atoms with Crippen molar-refractivity contribution in [3.05, 3.63) is 70.1 Å². The van der Waals surface area contributed by atoms with Gasteiger partial charge in [-0.2, -0.15) is 18.3 Å². The number of halogens is 4. The van der Waals surface area contributed by atoms with Crippen molar-refractivity contribution in [2.45, 2.75) is 20.0 Å². The second kappa shape index (κ2) is 11.3. The van der Waals surface area contributed by atoms with Crippen LogP contribution in [0.4, 0.5) is 24.5 Å². The van der Waals surface area contributed by atoms with E-state index in [0.717, 1.165) is 22.9 Å². The Labute approximate surface area is 235 Å². The smallest absolute Gasteiger partial charge is 0.372 e. The van der Waals surface area contributed by atoms with Crippen molar-refractivity contribution in [1.29, 1.82) is 0 Å². The summed E-state index contributed by atoms with van der Waals surface area (Å²) >= 11 is 6.18. The summed E-state index contributed by atoms with van der Waals surface area (Å²) in [5, 5.41) is 15.0. The number of carbonyl (C=O) groups excluding carboxylic acids is 1. The SMILES string of the molecule is Cc1ccc(NC(=O)c2cc(N(C)CCN(C)C)c(Cl)c(C(F)(F)F)c2)cc1-n1cc(-c2cnn(C)c2C)nn1. The molecule has 2 aromatic carbocycles. The Morgan fingerprint density at radius 3 is 2.45 bits per heavy atom. The third-order valence-corrected chi connectivity index (χ3v) is 7.03. The molecule has 0 aliphatic carbocycles. The van der Waals surface area contributed by atoms with Crippen molar-refractivity contribution in [2.75, 3.05) is 44.4 Å². The Bertz CT molecular complexity index is 1540. The summed E-state index contributed by atoms with van der Waals surface area (Å²) < 4.78 is 44.9. The standard InChI is InChI=1S/C27H30ClF3N8O/c1-16-7-8-19(13-23(16)39-15-22(34-35-39)20-14-32-38(6)17(20)2)33-26(40)18-11-21(27(29,30)31)25(28)24(12-18)37(5)10-9-36(3)4/h7-8,11-15H,9-10H2,1-6H3,(H,33,40). The first-order valence-corrected chi connectivity index (χ1v) is 12.7. The van der Waals surface area contributed by atoms with Crippen LogP contribution in [0, 0.1) is 13.8 Å². The van der Waals surface area contributed by atoms with E-state index in [0.29, 0.717) is 30.2 Å². The second-order valence-electron chi connectivity index (χ2n) is 9.85. The van der Waals surface area contributed by atoms with Gasteiger partial charge < -0.3 is 15.1 Å². The number of nitrogens with zero attached hydrogens (tertiary/aromatic N) is 7. The average Bonchev–Trinajstić information content (AvgIpc) is 3.49. The van der Waals surface area contributed by atoms with Crippen molar-refractivity contribution < 1.29 is 18.0 Å². The topological polar surface area (TPSA) is 84.1 Å². The summed E-state index contributed by atoms with van der Waals surface area (Å²) in [5.41, 5.74) is 3.16. The van der Waals surface area contributed by atoms with Gasteiger partial charge in [0.15, 0.2) is 0 Å². The number of amides is 1. The lowest BCUT2D eigenvalue weighted by Gasteiger charge is -2.25. The lowest BCUT2D eigenvalue weighted by molar-refractivity contribution is -0.137. The van der Waals surface area contributed by atoms with Crippen LogP contribution in [-0.2, 0) is 13.2 Å². The Morgan fingerprint density at radius 2 is 1.82 bits per heavy atom. The molecule has 0 aliphatic heterocycles. The molecule has 1 amide bonds. The van der Waals surface area contributed by atoms with Gasteiger partial charge in [0.05, 0.1) is 34.4 Å². The number of nitrogens with one attached hydrogen (secondary N) is 1. The van der Waals surface area contributed by atoms with Crippen LogP contribution in [0.15, 0.2) is 42.7 Å². The monoisotopic (exact) mass is 574 g/mol. The van der Waals surface area contributed by atoms with E-state index >= 15 is 0 Å². The highest BCUT2D eigenvalue weighted by Crippen LogP contribution is 2.40. The third-order valence-electron chi connectivity index (χ3n) is 6.63. The molecule has 4 aromatic rings. The highest BCUT2D eigenvalue weighted by atomic mass is 35.5. The predicted octanol–water partition coefficient (Wildman–Crippen LogP) is 5.21. The summed E-state index contributed by atoms with van der Waals surface area (Å²) in [4.78, 5) is 16.7. The fourth-order valence-electron chi connectivity index (χ4n) is 4.09. The Hall–Kier alpha value is -3.90. The van der Waals surface area contributed by atoms with Gasteiger partial charge in [0.1, 0.15) is 5.69 Å². The van der Waals surface area contributed by atoms with Crippen molar-refractivity contribution in [3.63, 3.8) is 0 Å². The maximum Gasteiger partial charge on any atom is 0.417 e. The van der Waals surface area contributed by atoms with Crippen LogP contribution in [0.3, 0.4) is 0 Å². The molecular weight excluding hydrogens is 545 g/mol. The van der Waals surface area contributed by atoms with Crippen LogP contribution >= 0.6 is 11.6 Å². The van der Waals surface area contributed by atoms with E-state index in [4.69, 9.17) is 11.6 Å². The molecule has 0 saturated carbocycles. The normalized spacial score (nSPS) is 11.8. The van der Waals surface area contributed by atoms with Gasteiger partial charge in [0.25, 0.3) is 5.91 Å². The van der Waals surface area contributed by atoms with E-state index in [-0.39, 0.29) is 11.3 Å². The third kappa shape index (κ3) is 6.13. The molecule has 0 unspecified atom stereocenters. The molecule has 13 heteroatoms. The van der Waals surface area contributed by atoms with Gasteiger partial charge >= 0.3 is 6.18 Å². The Morgan fingerprint density at radius 1 is 1.10 bits per heavy atom. The molecule has 0 fully saturated rings. The largest absolute Gasteiger partial charge is 0.417 e. The molecule has 0 spiro atoms. The lowest BCUT2D eigenvalue weighted by atomic mass is 10.1. The number of carbonyl (C=O) groups is 1. The van der Waals surface area contributed by atoms with Crippen LogP contribution in [0.1, 0.15) is 27.2 Å². The highest BCUT2D eigenvalue weighted by Gasteiger charge is 2.36. The van der Waals surface area contributed by atoms with Gasteiger partial charge in [-0.3, -0.25) is 9.48 Å². The van der Waals surface area contributed by atoms with Gasteiger partial charge in [-0.15, -0.1) is 5.10 Å². The number of hydrogen-bond acceptors (Lipinski definition) is 6. The van der Waals surface area contributed by atoms with E-state index in [1.807, 2.05) is 39.9 Å². The van der Waals surface area contributed by atoms with Crippen molar-refractivity contribution in [2.24, 2.45) is 7.05 Å². The van der Waals surface area contributed by atoms with E-state index in [1.165, 1.54) is 6.07 Å². The molecule has 4 rings (SSSR count). The number of rotatable bonds is 8. The molecule has 0 saturated heterocycles. The van der Waals surface area contributed by atoms with Gasteiger partial charge in [0, 0.05) is 49.7 Å². The van der Waals surface area contributed by atoms with Crippen LogP contribution < -0.4 is 10.2 Å². The van der Waals surface area contributed by atoms with E-state index in [9.17, 15) is 18.0 Å². The minimum Gasteiger partial charge on any atom is -0.372 e. The second-order valence-corrected chi connectivity index (χ2v) is 10.2. The molecule has 212 valence electrons. The van der Waals surface area contributed by atoms with E-state index in [1.54, 1.807) is 51.9 Å². The zero-order valence-corrected chi connectivity index (χ0v) is 23.8. The maximum atomic E-state index is 13.8. The number of benzene rings is 2. The van der Waals surface area contributed by atoms with E-state index in [2.05, 4.69) is 20.7 Å². The lowest BCUT2D eigenvalue weighted by Crippen LogP contribution is -2.29. The zero-order valence-electron chi connectivity index (χ0n) is 23.0. The summed E-state index contributed by atoms with van der Waals surface area (Å²) in [6, 6.07) is 7.29. The molecular formula is C27H30ClF3N8O. The minimum absolute atomic E-state index is 0.119. The molecule has 9 nitrogen and oxygen atoms in total. The number of anilines is 2. The maximum absolute atomic E-state index is 13.8. The van der Waals surface area contributed by atoms with Crippen LogP contribution in [0.5, 0.6) is 0 Å². The van der Waals surface area contributed by atoms with Crippen molar-refractivity contribution in [1.82, 2.24) is 29.7 Å². The Kier molecular flexibility index (Phi) is 8.22. The van der Waals surface area contributed by atoms with Crippen molar-refractivity contribution in [3.8, 4) is 16.9 Å². The summed E-state index contributed by atoms with van der Waals surface area (Å²) in [6.45, 7) is 4.80. The van der Waals surface area contributed by atoms with E-state index < -0.39 is 22.7 Å². The minimum atomic E-state index is -4.74. The summed E-state index contributed by atoms with van der Waals surface area (Å²) in [6.07, 6.45) is -1.28. The number of alkyl halides is 3. The number of hydrogen-bond donors (Lipinski definition) is 1. The zero-order chi connectivity index (χ0) is 29.4. The first kappa shape index (κ1) is 29.1. The molecule has 1 N–H and O–H groups in total. The van der Waals surface area contributed by atoms with Gasteiger partial charge in [-0.05, 0) is 57.8 Å². The van der Waals surface area contributed by atoms with Crippen LogP contribution in [0.25, 0.3) is 16.9 Å². The van der Waals surface area contributed by atoms with Gasteiger partial charge in [-0.1, -0.05) is 22.9 Å². The molecule has 0 atom stereocenters. The first-order valence-electron chi connectivity index (χ1n) is 12.4. The fourth-order valence-corrected chi connectivity index (χ4v) is 4.45. The van der Waals surface area contributed by atoms with Crippen LogP contribution in [0.2, 0.25) is 5.02 Å². The van der Waals surface area contributed by atoms with Crippen molar-refractivity contribution >= 4 is 28.9 Å².